The molecule has 9 heteroatoms. The van der Waals surface area contributed by atoms with E-state index in [0.29, 0.717) is 41.3 Å². The van der Waals surface area contributed by atoms with Crippen molar-refractivity contribution in [2.45, 2.75) is 46.0 Å². The van der Waals surface area contributed by atoms with Gasteiger partial charge < -0.3 is 14.2 Å². The first-order valence-corrected chi connectivity index (χ1v) is 13.0. The van der Waals surface area contributed by atoms with Gasteiger partial charge in [0, 0.05) is 5.92 Å². The fraction of sp³-hybridized carbons (Fsp3) is 0.357. The predicted molar refractivity (Wildman–Crippen MR) is 145 cm³/mol. The maximum Gasteiger partial charge on any atom is 0.268 e. The Morgan fingerprint density at radius 3 is 2.46 bits per heavy atom. The standard InChI is InChI=1S/C28H32N4O4S/c1-6-19(4)22-9-7-8-10-23(22)35-13-14-36-24-12-11-20(16-25(24)34-5)15-21(17-29)26(33)30-28-32-31-27(37-28)18(2)3/h7-12,15-16,18-19H,6,13-14H2,1-5H3,(H,30,32,33). The van der Waals surface area contributed by atoms with E-state index in [9.17, 15) is 10.1 Å². The lowest BCUT2D eigenvalue weighted by Crippen LogP contribution is -2.13. The van der Waals surface area contributed by atoms with Crippen LogP contribution in [0.4, 0.5) is 5.13 Å². The summed E-state index contributed by atoms with van der Waals surface area (Å²) in [4.78, 5) is 12.6. The maximum atomic E-state index is 12.6. The summed E-state index contributed by atoms with van der Waals surface area (Å²) in [5, 5.41) is 21.3. The molecule has 1 N–H and O–H groups in total. The third-order valence-electron chi connectivity index (χ3n) is 5.68. The molecule has 0 aliphatic carbocycles. The number of anilines is 1. The van der Waals surface area contributed by atoms with E-state index < -0.39 is 5.91 Å². The van der Waals surface area contributed by atoms with Crippen LogP contribution in [0.2, 0.25) is 0 Å². The second kappa shape index (κ2) is 13.4. The first-order chi connectivity index (χ1) is 17.9. The molecule has 3 aromatic rings. The number of benzene rings is 2. The van der Waals surface area contributed by atoms with Crippen molar-refractivity contribution in [2.24, 2.45) is 0 Å². The van der Waals surface area contributed by atoms with Gasteiger partial charge in [-0.2, -0.15) is 5.26 Å². The van der Waals surface area contributed by atoms with Crippen molar-refractivity contribution in [3.8, 4) is 23.3 Å². The van der Waals surface area contributed by atoms with Gasteiger partial charge in [-0.3, -0.25) is 10.1 Å². The lowest BCUT2D eigenvalue weighted by Gasteiger charge is -2.16. The van der Waals surface area contributed by atoms with Gasteiger partial charge in [-0.25, -0.2) is 0 Å². The average Bonchev–Trinajstić information content (AvgIpc) is 3.38. The molecular weight excluding hydrogens is 488 g/mol. The van der Waals surface area contributed by atoms with Crippen molar-refractivity contribution >= 4 is 28.5 Å². The second-order valence-electron chi connectivity index (χ2n) is 8.68. The molecule has 1 heterocycles. The summed E-state index contributed by atoms with van der Waals surface area (Å²) in [7, 11) is 1.54. The molecule has 37 heavy (non-hydrogen) atoms. The number of carbonyl (C=O) groups excluding carboxylic acids is 1. The topological polar surface area (TPSA) is 106 Å². The van der Waals surface area contributed by atoms with Gasteiger partial charge in [-0.15, -0.1) is 10.2 Å². The quantitative estimate of drug-likeness (QED) is 0.172. The molecule has 0 saturated heterocycles. The Morgan fingerprint density at radius 1 is 1.08 bits per heavy atom. The molecule has 0 aliphatic heterocycles. The van der Waals surface area contributed by atoms with Gasteiger partial charge in [0.2, 0.25) is 5.13 Å². The Hall–Kier alpha value is -3.90. The summed E-state index contributed by atoms with van der Waals surface area (Å²) in [6.07, 6.45) is 2.52. The SMILES string of the molecule is CCC(C)c1ccccc1OCCOc1ccc(C=C(C#N)C(=O)Nc2nnc(C(C)C)s2)cc1OC. The number of rotatable bonds is 12. The third-order valence-corrected chi connectivity index (χ3v) is 6.82. The lowest BCUT2D eigenvalue weighted by atomic mass is 9.98. The number of hydrogen-bond acceptors (Lipinski definition) is 8. The molecule has 1 aromatic heterocycles. The van der Waals surface area contributed by atoms with E-state index in [-0.39, 0.29) is 11.5 Å². The zero-order valence-corrected chi connectivity index (χ0v) is 22.6. The minimum absolute atomic E-state index is 0.0645. The molecule has 0 saturated carbocycles. The van der Waals surface area contributed by atoms with Gasteiger partial charge in [-0.05, 0) is 47.7 Å². The van der Waals surface area contributed by atoms with Crippen molar-refractivity contribution in [1.29, 1.82) is 5.26 Å². The summed E-state index contributed by atoms with van der Waals surface area (Å²) < 4.78 is 17.3. The largest absolute Gasteiger partial charge is 0.493 e. The molecule has 0 fully saturated rings. The number of nitrogens with zero attached hydrogens (tertiary/aromatic N) is 3. The molecule has 0 radical (unpaired) electrons. The fourth-order valence-corrected chi connectivity index (χ4v) is 4.17. The predicted octanol–water partition coefficient (Wildman–Crippen LogP) is 6.19. The van der Waals surface area contributed by atoms with Crippen LogP contribution in [0, 0.1) is 11.3 Å². The van der Waals surface area contributed by atoms with E-state index in [0.717, 1.165) is 17.2 Å². The Labute approximate surface area is 221 Å². The van der Waals surface area contributed by atoms with Crippen LogP contribution in [0.25, 0.3) is 6.08 Å². The normalized spacial score (nSPS) is 12.1. The van der Waals surface area contributed by atoms with Gasteiger partial charge in [0.1, 0.15) is 35.6 Å². The monoisotopic (exact) mass is 520 g/mol. The molecule has 194 valence electrons. The minimum atomic E-state index is -0.553. The number of methoxy groups -OCH3 is 1. The van der Waals surface area contributed by atoms with E-state index in [1.54, 1.807) is 18.2 Å². The van der Waals surface area contributed by atoms with E-state index >= 15 is 0 Å². The number of nitrogens with one attached hydrogen (secondary N) is 1. The van der Waals surface area contributed by atoms with Crippen LogP contribution < -0.4 is 19.5 Å². The summed E-state index contributed by atoms with van der Waals surface area (Å²) >= 11 is 1.28. The maximum absolute atomic E-state index is 12.6. The zero-order valence-electron chi connectivity index (χ0n) is 21.8. The Morgan fingerprint density at radius 2 is 1.81 bits per heavy atom. The van der Waals surface area contributed by atoms with Gasteiger partial charge in [0.05, 0.1) is 7.11 Å². The van der Waals surface area contributed by atoms with Crippen molar-refractivity contribution in [3.63, 3.8) is 0 Å². The van der Waals surface area contributed by atoms with Crippen LogP contribution in [0.15, 0.2) is 48.0 Å². The highest BCUT2D eigenvalue weighted by atomic mass is 32.1. The van der Waals surface area contributed by atoms with Crippen molar-refractivity contribution in [3.05, 3.63) is 64.2 Å². The molecule has 0 aliphatic rings. The number of hydrogen-bond donors (Lipinski definition) is 1. The molecule has 1 atom stereocenters. The Kier molecular flexibility index (Phi) is 10.0. The number of ether oxygens (including phenoxy) is 3. The highest BCUT2D eigenvalue weighted by Gasteiger charge is 2.15. The Bertz CT molecular complexity index is 1280. The molecule has 8 nitrogen and oxygen atoms in total. The summed E-state index contributed by atoms with van der Waals surface area (Å²) in [6, 6.07) is 15.2. The van der Waals surface area contributed by atoms with Gasteiger partial charge >= 0.3 is 0 Å². The first kappa shape index (κ1) is 27.7. The van der Waals surface area contributed by atoms with Crippen LogP contribution >= 0.6 is 11.3 Å². The number of nitriles is 1. The van der Waals surface area contributed by atoms with E-state index in [2.05, 4.69) is 35.4 Å². The van der Waals surface area contributed by atoms with Crippen LogP contribution in [-0.4, -0.2) is 36.4 Å². The van der Waals surface area contributed by atoms with Crippen LogP contribution in [0.5, 0.6) is 17.2 Å². The average molecular weight is 521 g/mol. The molecular formula is C28H32N4O4S. The van der Waals surface area contributed by atoms with Crippen molar-refractivity contribution in [1.82, 2.24) is 10.2 Å². The lowest BCUT2D eigenvalue weighted by molar-refractivity contribution is -0.112. The van der Waals surface area contributed by atoms with Crippen LogP contribution in [0.1, 0.15) is 62.1 Å². The van der Waals surface area contributed by atoms with Gasteiger partial charge in [-0.1, -0.05) is 63.3 Å². The summed E-state index contributed by atoms with van der Waals surface area (Å²) in [5.41, 5.74) is 1.74. The summed E-state index contributed by atoms with van der Waals surface area (Å²) in [6.45, 7) is 9.02. The van der Waals surface area contributed by atoms with Gasteiger partial charge in [0.25, 0.3) is 5.91 Å². The number of para-hydroxylation sites is 1. The highest BCUT2D eigenvalue weighted by Crippen LogP contribution is 2.30. The minimum Gasteiger partial charge on any atom is -0.493 e. The number of aromatic nitrogens is 2. The molecule has 0 bridgehead atoms. The summed E-state index contributed by atoms with van der Waals surface area (Å²) in [5.74, 6) is 1.95. The van der Waals surface area contributed by atoms with Crippen LogP contribution in [0.3, 0.4) is 0 Å². The van der Waals surface area contributed by atoms with Crippen LogP contribution in [-0.2, 0) is 4.79 Å². The zero-order chi connectivity index (χ0) is 26.8. The number of carbonyl (C=O) groups is 1. The second-order valence-corrected chi connectivity index (χ2v) is 9.69. The fourth-order valence-electron chi connectivity index (χ4n) is 3.43. The van der Waals surface area contributed by atoms with E-state index in [1.165, 1.54) is 30.1 Å². The van der Waals surface area contributed by atoms with Crippen molar-refractivity contribution < 1.29 is 19.0 Å². The molecule has 0 spiro atoms. The smallest absolute Gasteiger partial charge is 0.268 e. The molecule has 1 unspecified atom stereocenters. The van der Waals surface area contributed by atoms with Gasteiger partial charge in [0.15, 0.2) is 11.5 Å². The third kappa shape index (κ3) is 7.54. The molecule has 1 amide bonds. The van der Waals surface area contributed by atoms with E-state index in [1.807, 2.05) is 38.1 Å². The molecule has 2 aromatic carbocycles. The van der Waals surface area contributed by atoms with Crippen molar-refractivity contribution in [2.75, 3.05) is 25.6 Å². The first-order valence-electron chi connectivity index (χ1n) is 12.1. The van der Waals surface area contributed by atoms with E-state index in [4.69, 9.17) is 14.2 Å². The Balaban J connectivity index is 1.63. The number of amides is 1. The highest BCUT2D eigenvalue weighted by molar-refractivity contribution is 7.15. The molecule has 3 rings (SSSR count).